The molecule has 1 aromatic rings. The molecule has 3 N–H and O–H groups in total. The molecule has 90 valence electrons. The van der Waals surface area contributed by atoms with Crippen LogP contribution in [0.3, 0.4) is 0 Å². The average molecular weight is 225 g/mol. The summed E-state index contributed by atoms with van der Waals surface area (Å²) in [6.45, 7) is 2.20. The van der Waals surface area contributed by atoms with Gasteiger partial charge in [0.25, 0.3) is 0 Å². The molecule has 4 heteroatoms. The van der Waals surface area contributed by atoms with Crippen LogP contribution in [0, 0.1) is 0 Å². The first-order valence-electron chi connectivity index (χ1n) is 5.30. The van der Waals surface area contributed by atoms with Crippen molar-refractivity contribution in [3.63, 3.8) is 0 Å². The van der Waals surface area contributed by atoms with Gasteiger partial charge in [-0.25, -0.2) is 0 Å². The topological polar surface area (TPSA) is 64.7 Å². The molecule has 0 aliphatic heterocycles. The minimum absolute atomic E-state index is 0.159. The zero-order valence-corrected chi connectivity index (χ0v) is 9.99. The second-order valence-corrected chi connectivity index (χ2v) is 3.53. The van der Waals surface area contributed by atoms with Gasteiger partial charge in [-0.05, 0) is 24.1 Å². The first-order chi connectivity index (χ1) is 7.67. The molecule has 0 aromatic heterocycles. The van der Waals surface area contributed by atoms with E-state index >= 15 is 0 Å². The molecule has 0 amide bonds. The van der Waals surface area contributed by atoms with Crippen LogP contribution in [0.25, 0.3) is 0 Å². The summed E-state index contributed by atoms with van der Waals surface area (Å²) < 4.78 is 10.5. The van der Waals surface area contributed by atoms with Crippen LogP contribution in [0.4, 0.5) is 0 Å². The number of benzene rings is 1. The molecule has 0 spiro atoms. The number of ether oxygens (including phenoxy) is 2. The van der Waals surface area contributed by atoms with E-state index in [0.29, 0.717) is 17.1 Å². The minimum Gasteiger partial charge on any atom is -0.493 e. The summed E-state index contributed by atoms with van der Waals surface area (Å²) >= 11 is 0. The molecule has 1 atom stereocenters. The lowest BCUT2D eigenvalue weighted by Gasteiger charge is -2.17. The number of methoxy groups -OCH3 is 2. The predicted octanol–water partition coefficient (Wildman–Crippen LogP) is 1.26. The van der Waals surface area contributed by atoms with Gasteiger partial charge in [0.1, 0.15) is 0 Å². The molecular formula is C12H19NO3. The van der Waals surface area contributed by atoms with E-state index in [1.807, 2.05) is 19.1 Å². The molecule has 4 nitrogen and oxygen atoms in total. The third-order valence-corrected chi connectivity index (χ3v) is 2.56. The molecule has 0 heterocycles. The van der Waals surface area contributed by atoms with Gasteiger partial charge in [-0.15, -0.1) is 0 Å². The van der Waals surface area contributed by atoms with Crippen molar-refractivity contribution in [2.24, 2.45) is 5.73 Å². The monoisotopic (exact) mass is 225 g/mol. The van der Waals surface area contributed by atoms with Gasteiger partial charge in [-0.2, -0.15) is 0 Å². The fraction of sp³-hybridized carbons (Fsp3) is 0.500. The van der Waals surface area contributed by atoms with Gasteiger partial charge < -0.3 is 20.3 Å². The Morgan fingerprint density at radius 3 is 2.44 bits per heavy atom. The van der Waals surface area contributed by atoms with Gasteiger partial charge in [0.05, 0.1) is 20.3 Å². The van der Waals surface area contributed by atoms with E-state index in [4.69, 9.17) is 15.2 Å². The number of hydrogen-bond donors (Lipinski definition) is 2. The summed E-state index contributed by atoms with van der Waals surface area (Å²) in [5, 5.41) is 9.82. The second kappa shape index (κ2) is 5.72. The van der Waals surface area contributed by atoms with Crippen molar-refractivity contribution in [1.82, 2.24) is 0 Å². The van der Waals surface area contributed by atoms with E-state index in [1.165, 1.54) is 0 Å². The second-order valence-electron chi connectivity index (χ2n) is 3.53. The zero-order chi connectivity index (χ0) is 12.1. The highest BCUT2D eigenvalue weighted by molar-refractivity contribution is 5.50. The minimum atomic E-state index is -0.727. The number of nitrogens with two attached hydrogens (primary N) is 1. The summed E-state index contributed by atoms with van der Waals surface area (Å²) in [6, 6.07) is 3.81. The van der Waals surface area contributed by atoms with E-state index in [-0.39, 0.29) is 6.54 Å². The fourth-order valence-corrected chi connectivity index (χ4v) is 1.63. The lowest BCUT2D eigenvalue weighted by Crippen LogP contribution is -2.13. The molecule has 0 fully saturated rings. The van der Waals surface area contributed by atoms with Crippen LogP contribution in [-0.4, -0.2) is 25.9 Å². The van der Waals surface area contributed by atoms with E-state index in [1.54, 1.807) is 14.2 Å². The Morgan fingerprint density at radius 1 is 1.31 bits per heavy atom. The highest BCUT2D eigenvalue weighted by atomic mass is 16.5. The maximum atomic E-state index is 9.82. The van der Waals surface area contributed by atoms with Crippen molar-refractivity contribution >= 4 is 0 Å². The Balaban J connectivity index is 3.30. The molecule has 1 aromatic carbocycles. The quantitative estimate of drug-likeness (QED) is 0.791. The van der Waals surface area contributed by atoms with Gasteiger partial charge in [0.2, 0.25) is 0 Å². The number of rotatable bonds is 5. The maximum Gasteiger partial charge on any atom is 0.166 e. The molecule has 0 bridgehead atoms. The van der Waals surface area contributed by atoms with E-state index < -0.39 is 6.10 Å². The Hall–Kier alpha value is -1.26. The molecular weight excluding hydrogens is 206 g/mol. The molecule has 0 aliphatic rings. The average Bonchev–Trinajstić information content (AvgIpc) is 2.35. The molecule has 0 radical (unpaired) electrons. The lowest BCUT2D eigenvalue weighted by molar-refractivity contribution is 0.181. The third kappa shape index (κ3) is 2.46. The highest BCUT2D eigenvalue weighted by Gasteiger charge is 2.17. The Morgan fingerprint density at radius 2 is 2.00 bits per heavy atom. The number of aryl methyl sites for hydroxylation is 1. The summed E-state index contributed by atoms with van der Waals surface area (Å²) in [5.41, 5.74) is 7.23. The van der Waals surface area contributed by atoms with Gasteiger partial charge >= 0.3 is 0 Å². The first-order valence-corrected chi connectivity index (χ1v) is 5.30. The summed E-state index contributed by atoms with van der Waals surface area (Å²) in [4.78, 5) is 0. The Labute approximate surface area is 96.0 Å². The first kappa shape index (κ1) is 12.8. The van der Waals surface area contributed by atoms with Crippen molar-refractivity contribution in [3.8, 4) is 11.5 Å². The van der Waals surface area contributed by atoms with Crippen LogP contribution in [-0.2, 0) is 6.42 Å². The smallest absolute Gasteiger partial charge is 0.166 e. The molecule has 1 unspecified atom stereocenters. The molecule has 1 rings (SSSR count). The summed E-state index contributed by atoms with van der Waals surface area (Å²) in [6.07, 6.45) is 0.139. The van der Waals surface area contributed by atoms with Crippen LogP contribution in [0.5, 0.6) is 11.5 Å². The van der Waals surface area contributed by atoms with Gasteiger partial charge in [-0.3, -0.25) is 0 Å². The van der Waals surface area contributed by atoms with Crippen LogP contribution in [0.2, 0.25) is 0 Å². The number of aliphatic hydroxyl groups excluding tert-OH is 1. The standard InChI is InChI=1S/C12H19NO3/c1-4-8-5-9(10(14)7-13)12(16-3)11(6-8)15-2/h5-6,10,14H,4,7,13H2,1-3H3. The van der Waals surface area contributed by atoms with Crippen molar-refractivity contribution in [1.29, 1.82) is 0 Å². The molecule has 0 saturated carbocycles. The summed E-state index contributed by atoms with van der Waals surface area (Å²) in [7, 11) is 3.13. The van der Waals surface area contributed by atoms with Gasteiger partial charge in [-0.1, -0.05) is 6.92 Å². The lowest BCUT2D eigenvalue weighted by atomic mass is 10.0. The third-order valence-electron chi connectivity index (χ3n) is 2.56. The number of hydrogen-bond acceptors (Lipinski definition) is 4. The molecule has 0 aliphatic carbocycles. The van der Waals surface area contributed by atoms with Crippen LogP contribution in [0.15, 0.2) is 12.1 Å². The number of aliphatic hydroxyl groups is 1. The van der Waals surface area contributed by atoms with Crippen molar-refractivity contribution < 1.29 is 14.6 Å². The Kier molecular flexibility index (Phi) is 4.58. The van der Waals surface area contributed by atoms with Crippen LogP contribution in [0.1, 0.15) is 24.2 Å². The van der Waals surface area contributed by atoms with Crippen molar-refractivity contribution in [3.05, 3.63) is 23.3 Å². The Bertz CT molecular complexity index is 352. The molecule has 16 heavy (non-hydrogen) atoms. The van der Waals surface area contributed by atoms with Crippen molar-refractivity contribution in [2.75, 3.05) is 20.8 Å². The van der Waals surface area contributed by atoms with E-state index in [0.717, 1.165) is 12.0 Å². The highest BCUT2D eigenvalue weighted by Crippen LogP contribution is 2.36. The van der Waals surface area contributed by atoms with E-state index in [2.05, 4.69) is 0 Å². The van der Waals surface area contributed by atoms with Gasteiger partial charge in [0, 0.05) is 12.1 Å². The zero-order valence-electron chi connectivity index (χ0n) is 9.99. The van der Waals surface area contributed by atoms with Crippen molar-refractivity contribution in [2.45, 2.75) is 19.4 Å². The largest absolute Gasteiger partial charge is 0.493 e. The predicted molar refractivity (Wildman–Crippen MR) is 62.9 cm³/mol. The fourth-order valence-electron chi connectivity index (χ4n) is 1.63. The summed E-state index contributed by atoms with van der Waals surface area (Å²) in [5.74, 6) is 1.18. The SMILES string of the molecule is CCc1cc(OC)c(OC)c(C(O)CN)c1. The van der Waals surface area contributed by atoms with E-state index in [9.17, 15) is 5.11 Å². The molecule has 0 saturated heterocycles. The van der Waals surface area contributed by atoms with Crippen LogP contribution < -0.4 is 15.2 Å². The normalized spacial score (nSPS) is 12.3. The maximum absolute atomic E-state index is 9.82. The van der Waals surface area contributed by atoms with Crippen LogP contribution >= 0.6 is 0 Å². The van der Waals surface area contributed by atoms with Gasteiger partial charge in [0.15, 0.2) is 11.5 Å².